The highest BCUT2D eigenvalue weighted by molar-refractivity contribution is 5.54. The monoisotopic (exact) mass is 171 g/mol. The Bertz CT molecular complexity index is 376. The number of hydrogen-bond acceptors (Lipinski definition) is 1. The van der Waals surface area contributed by atoms with Gasteiger partial charge in [-0.2, -0.15) is 0 Å². The van der Waals surface area contributed by atoms with Crippen molar-refractivity contribution in [1.29, 1.82) is 0 Å². The summed E-state index contributed by atoms with van der Waals surface area (Å²) in [6.07, 6.45) is 3.82. The van der Waals surface area contributed by atoms with Crippen molar-refractivity contribution in [3.8, 4) is 11.4 Å². The van der Waals surface area contributed by atoms with Gasteiger partial charge in [-0.05, 0) is 13.0 Å². The largest absolute Gasteiger partial charge is 0.331 e. The number of hydrogen-bond donors (Lipinski definition) is 0. The summed E-state index contributed by atoms with van der Waals surface area (Å²) >= 11 is 0. The van der Waals surface area contributed by atoms with Gasteiger partial charge in [0.1, 0.15) is 5.82 Å². The van der Waals surface area contributed by atoms with Crippen LogP contribution in [0.25, 0.3) is 11.4 Å². The molecule has 0 aliphatic carbocycles. The first-order valence-electron chi connectivity index (χ1n) is 4.39. The molecule has 65 valence electrons. The highest BCUT2D eigenvalue weighted by atomic mass is 15.0. The molecule has 0 fully saturated rings. The molecule has 0 saturated carbocycles. The summed E-state index contributed by atoms with van der Waals surface area (Å²) in [5, 5.41) is 0. The van der Waals surface area contributed by atoms with Crippen molar-refractivity contribution in [3.05, 3.63) is 42.7 Å². The van der Waals surface area contributed by atoms with Gasteiger partial charge in [-0.15, -0.1) is 0 Å². The Hall–Kier alpha value is -1.57. The minimum atomic E-state index is 0.952. The number of rotatable bonds is 2. The van der Waals surface area contributed by atoms with Gasteiger partial charge in [-0.1, -0.05) is 24.3 Å². The van der Waals surface area contributed by atoms with Crippen molar-refractivity contribution >= 4 is 0 Å². The zero-order chi connectivity index (χ0) is 9.10. The van der Waals surface area contributed by atoms with Crippen LogP contribution in [0.4, 0.5) is 0 Å². The Balaban J connectivity index is 2.47. The second kappa shape index (κ2) is 3.44. The minimum absolute atomic E-state index is 0.952. The van der Waals surface area contributed by atoms with Crippen LogP contribution in [0.2, 0.25) is 0 Å². The van der Waals surface area contributed by atoms with Crippen molar-refractivity contribution in [3.63, 3.8) is 0 Å². The smallest absolute Gasteiger partial charge is 0.139 e. The lowest BCUT2D eigenvalue weighted by atomic mass is 10.2. The molecule has 2 aromatic rings. The van der Waals surface area contributed by atoms with Crippen LogP contribution in [-0.2, 0) is 6.54 Å². The van der Waals surface area contributed by atoms with Gasteiger partial charge in [0.2, 0.25) is 0 Å². The van der Waals surface area contributed by atoms with E-state index < -0.39 is 0 Å². The number of aromatic nitrogens is 2. The van der Waals surface area contributed by atoms with Crippen LogP contribution >= 0.6 is 0 Å². The van der Waals surface area contributed by atoms with Gasteiger partial charge in [0.15, 0.2) is 0 Å². The van der Waals surface area contributed by atoms with Crippen LogP contribution in [0.15, 0.2) is 36.7 Å². The van der Waals surface area contributed by atoms with Crippen molar-refractivity contribution < 1.29 is 0 Å². The third-order valence-electron chi connectivity index (χ3n) is 2.03. The molecule has 1 radical (unpaired) electrons. The van der Waals surface area contributed by atoms with Crippen LogP contribution < -0.4 is 0 Å². The third kappa shape index (κ3) is 1.47. The van der Waals surface area contributed by atoms with Gasteiger partial charge in [-0.3, -0.25) is 0 Å². The zero-order valence-electron chi connectivity index (χ0n) is 7.57. The van der Waals surface area contributed by atoms with Gasteiger partial charge in [0, 0.05) is 24.5 Å². The molecule has 0 bridgehead atoms. The summed E-state index contributed by atoms with van der Waals surface area (Å²) < 4.78 is 2.12. The average Bonchev–Trinajstić information content (AvgIpc) is 2.67. The molecular formula is C11H11N2. The van der Waals surface area contributed by atoms with E-state index >= 15 is 0 Å². The minimum Gasteiger partial charge on any atom is -0.331 e. The first-order chi connectivity index (χ1) is 6.42. The first kappa shape index (κ1) is 8.05. The summed E-state index contributed by atoms with van der Waals surface area (Å²) in [5.41, 5.74) is 1.14. The Morgan fingerprint density at radius 1 is 1.38 bits per heavy atom. The molecule has 1 heterocycles. The summed E-state index contributed by atoms with van der Waals surface area (Å²) in [4.78, 5) is 4.31. The van der Waals surface area contributed by atoms with Crippen LogP contribution in [-0.4, -0.2) is 9.55 Å². The molecule has 0 spiro atoms. The summed E-state index contributed by atoms with van der Waals surface area (Å²) in [6, 6.07) is 10.9. The van der Waals surface area contributed by atoms with E-state index in [4.69, 9.17) is 0 Å². The van der Waals surface area contributed by atoms with E-state index in [0.717, 1.165) is 17.9 Å². The number of imidazole rings is 1. The molecular weight excluding hydrogens is 160 g/mol. The molecule has 0 unspecified atom stereocenters. The number of aryl methyl sites for hydroxylation is 1. The van der Waals surface area contributed by atoms with Crippen LogP contribution in [0.5, 0.6) is 0 Å². The van der Waals surface area contributed by atoms with Gasteiger partial charge < -0.3 is 4.57 Å². The van der Waals surface area contributed by atoms with Gasteiger partial charge >= 0.3 is 0 Å². The van der Waals surface area contributed by atoms with Crippen LogP contribution in [0, 0.1) is 6.07 Å². The summed E-state index contributed by atoms with van der Waals surface area (Å²) in [5.74, 6) is 1.02. The summed E-state index contributed by atoms with van der Waals surface area (Å²) in [6.45, 7) is 3.06. The van der Waals surface area contributed by atoms with Gasteiger partial charge in [0.25, 0.3) is 0 Å². The lowest BCUT2D eigenvalue weighted by Crippen LogP contribution is -1.95. The number of benzene rings is 1. The molecule has 1 aromatic heterocycles. The lowest BCUT2D eigenvalue weighted by Gasteiger charge is -2.03. The molecule has 2 nitrogen and oxygen atoms in total. The van der Waals surface area contributed by atoms with E-state index in [0.29, 0.717) is 0 Å². The highest BCUT2D eigenvalue weighted by Gasteiger charge is 2.02. The maximum Gasteiger partial charge on any atom is 0.139 e. The molecule has 2 rings (SSSR count). The van der Waals surface area contributed by atoms with E-state index in [1.807, 2.05) is 36.7 Å². The predicted molar refractivity (Wildman–Crippen MR) is 52.2 cm³/mol. The molecule has 13 heavy (non-hydrogen) atoms. The lowest BCUT2D eigenvalue weighted by molar-refractivity contribution is 0.771. The predicted octanol–water partition coefficient (Wildman–Crippen LogP) is 2.37. The summed E-state index contributed by atoms with van der Waals surface area (Å²) in [7, 11) is 0. The van der Waals surface area contributed by atoms with Crippen molar-refractivity contribution in [1.82, 2.24) is 9.55 Å². The maximum atomic E-state index is 4.31. The van der Waals surface area contributed by atoms with Gasteiger partial charge in [-0.25, -0.2) is 4.98 Å². The molecule has 0 atom stereocenters. The second-order valence-electron chi connectivity index (χ2n) is 2.83. The van der Waals surface area contributed by atoms with E-state index in [1.165, 1.54) is 0 Å². The average molecular weight is 171 g/mol. The molecule has 1 aromatic carbocycles. The molecule has 2 heteroatoms. The van der Waals surface area contributed by atoms with Crippen molar-refractivity contribution in [2.45, 2.75) is 13.5 Å². The third-order valence-corrected chi connectivity index (χ3v) is 2.03. The van der Waals surface area contributed by atoms with Gasteiger partial charge in [0.05, 0.1) is 0 Å². The Kier molecular flexibility index (Phi) is 2.13. The molecule has 0 N–H and O–H groups in total. The second-order valence-corrected chi connectivity index (χ2v) is 2.83. The maximum absolute atomic E-state index is 4.31. The van der Waals surface area contributed by atoms with E-state index in [2.05, 4.69) is 22.5 Å². The fourth-order valence-electron chi connectivity index (χ4n) is 1.36. The fourth-order valence-corrected chi connectivity index (χ4v) is 1.36. The van der Waals surface area contributed by atoms with Crippen molar-refractivity contribution in [2.75, 3.05) is 0 Å². The van der Waals surface area contributed by atoms with E-state index in [9.17, 15) is 0 Å². The molecule has 0 aliphatic heterocycles. The Morgan fingerprint density at radius 3 is 2.85 bits per heavy atom. The first-order valence-corrected chi connectivity index (χ1v) is 4.39. The Labute approximate surface area is 77.9 Å². The van der Waals surface area contributed by atoms with E-state index in [1.54, 1.807) is 0 Å². The Morgan fingerprint density at radius 2 is 2.15 bits per heavy atom. The van der Waals surface area contributed by atoms with E-state index in [-0.39, 0.29) is 0 Å². The van der Waals surface area contributed by atoms with Crippen LogP contribution in [0.1, 0.15) is 6.92 Å². The molecule has 0 saturated heterocycles. The topological polar surface area (TPSA) is 17.8 Å². The normalized spacial score (nSPS) is 10.2. The van der Waals surface area contributed by atoms with Crippen LogP contribution in [0.3, 0.4) is 0 Å². The fraction of sp³-hybridized carbons (Fsp3) is 0.182. The van der Waals surface area contributed by atoms with Crippen molar-refractivity contribution in [2.24, 2.45) is 0 Å². The zero-order valence-corrected chi connectivity index (χ0v) is 7.57. The highest BCUT2D eigenvalue weighted by Crippen LogP contribution is 2.15. The number of nitrogens with zero attached hydrogens (tertiary/aromatic N) is 2. The molecule has 0 amide bonds. The molecule has 0 aliphatic rings. The quantitative estimate of drug-likeness (QED) is 0.678. The standard InChI is InChI=1S/C11H11N2/c1-2-13-9-8-12-11(13)10-6-4-3-5-7-10/h4-9H,2H2,1H3. The SMILES string of the molecule is CCn1ccnc1-c1cc[c]cc1.